The molecule has 0 atom stereocenters. The minimum Gasteiger partial charge on any atom is -0.465 e. The topological polar surface area (TPSA) is 124 Å². The Morgan fingerprint density at radius 3 is 1.97 bits per heavy atom. The molecule has 38 heavy (non-hydrogen) atoms. The number of esters is 2. The lowest BCUT2D eigenvalue weighted by molar-refractivity contribution is 0.0592. The van der Waals surface area contributed by atoms with Gasteiger partial charge in [0.2, 0.25) is 0 Å². The van der Waals surface area contributed by atoms with Crippen molar-refractivity contribution in [2.45, 2.75) is 0 Å². The third kappa shape index (κ3) is 4.51. The number of H-pyrrole nitrogens is 1. The molecule has 0 bridgehead atoms. The Morgan fingerprint density at radius 2 is 1.32 bits per heavy atom. The number of halogens is 1. The van der Waals surface area contributed by atoms with Gasteiger partial charge in [0, 0.05) is 57.2 Å². The Balaban J connectivity index is 0.000000155. The molecule has 6 aromatic rings. The van der Waals surface area contributed by atoms with Gasteiger partial charge >= 0.3 is 11.9 Å². The summed E-state index contributed by atoms with van der Waals surface area (Å²) in [7, 11) is 2.66. The van der Waals surface area contributed by atoms with Crippen LogP contribution in [-0.2, 0) is 9.47 Å². The van der Waals surface area contributed by atoms with E-state index in [2.05, 4.69) is 24.7 Å². The fourth-order valence-electron chi connectivity index (χ4n) is 4.18. The maximum atomic E-state index is 11.9. The molecule has 188 valence electrons. The van der Waals surface area contributed by atoms with Crippen molar-refractivity contribution in [1.82, 2.24) is 19.9 Å². The van der Waals surface area contributed by atoms with E-state index in [-0.39, 0.29) is 5.56 Å². The first-order valence-corrected chi connectivity index (χ1v) is 11.7. The highest BCUT2D eigenvalue weighted by molar-refractivity contribution is 6.35. The van der Waals surface area contributed by atoms with E-state index >= 15 is 0 Å². The van der Waals surface area contributed by atoms with Gasteiger partial charge in [0.25, 0.3) is 5.56 Å². The van der Waals surface area contributed by atoms with E-state index in [1.165, 1.54) is 14.2 Å². The first kappa shape index (κ1) is 24.8. The zero-order valence-corrected chi connectivity index (χ0v) is 20.9. The fraction of sp³-hybridized carbons (Fsp3) is 0.0714. The van der Waals surface area contributed by atoms with Crippen LogP contribution in [0.2, 0.25) is 5.15 Å². The number of rotatable bonds is 2. The molecule has 0 aliphatic rings. The van der Waals surface area contributed by atoms with Crippen LogP contribution < -0.4 is 5.56 Å². The lowest BCUT2D eigenvalue weighted by Crippen LogP contribution is -2.08. The van der Waals surface area contributed by atoms with Crippen molar-refractivity contribution in [2.24, 2.45) is 0 Å². The summed E-state index contributed by atoms with van der Waals surface area (Å²) in [4.78, 5) is 50.1. The molecule has 0 fully saturated rings. The van der Waals surface area contributed by atoms with Crippen LogP contribution in [0.25, 0.3) is 43.4 Å². The van der Waals surface area contributed by atoms with Gasteiger partial charge in [0.15, 0.2) is 0 Å². The summed E-state index contributed by atoms with van der Waals surface area (Å²) >= 11 is 6.15. The molecule has 0 amide bonds. The maximum absolute atomic E-state index is 11.9. The average Bonchev–Trinajstić information content (AvgIpc) is 2.96. The molecule has 0 saturated carbocycles. The van der Waals surface area contributed by atoms with Crippen molar-refractivity contribution >= 4 is 66.9 Å². The number of carbonyl (C=O) groups is 2. The van der Waals surface area contributed by atoms with Gasteiger partial charge in [-0.25, -0.2) is 14.6 Å². The number of carbonyl (C=O) groups excluding carboxylic acids is 2. The normalized spacial score (nSPS) is 10.8. The SMILES string of the molecule is COC(=O)c1ccc2c(c1)[nH]c(=O)c1ccncc12.COC(=O)c1ccc2c(c1)nc(Cl)c1ccncc12. The minimum absolute atomic E-state index is 0.202. The molecular weight excluding hydrogens is 508 g/mol. The van der Waals surface area contributed by atoms with Crippen LogP contribution in [0.3, 0.4) is 0 Å². The fourth-order valence-corrected chi connectivity index (χ4v) is 4.43. The van der Waals surface area contributed by atoms with Gasteiger partial charge in [0.05, 0.1) is 36.2 Å². The van der Waals surface area contributed by atoms with Gasteiger partial charge in [0.1, 0.15) is 5.15 Å². The van der Waals surface area contributed by atoms with E-state index < -0.39 is 11.9 Å². The number of pyridine rings is 4. The van der Waals surface area contributed by atoms with Crippen molar-refractivity contribution in [1.29, 1.82) is 0 Å². The van der Waals surface area contributed by atoms with Crippen molar-refractivity contribution in [3.05, 3.63) is 100.0 Å². The number of benzene rings is 2. The van der Waals surface area contributed by atoms with Gasteiger partial charge in [-0.15, -0.1) is 0 Å². The maximum Gasteiger partial charge on any atom is 0.337 e. The summed E-state index contributed by atoms with van der Waals surface area (Å²) in [5.41, 5.74) is 1.88. The summed E-state index contributed by atoms with van der Waals surface area (Å²) < 4.78 is 9.35. The predicted molar refractivity (Wildman–Crippen MR) is 145 cm³/mol. The smallest absolute Gasteiger partial charge is 0.337 e. The minimum atomic E-state index is -0.436. The zero-order valence-electron chi connectivity index (χ0n) is 20.2. The molecule has 0 unspecified atom stereocenters. The van der Waals surface area contributed by atoms with Crippen LogP contribution in [0, 0.1) is 0 Å². The van der Waals surface area contributed by atoms with E-state index in [4.69, 9.17) is 16.3 Å². The van der Waals surface area contributed by atoms with Crippen LogP contribution in [0.5, 0.6) is 0 Å². The lowest BCUT2D eigenvalue weighted by Gasteiger charge is -2.06. The number of aromatic amines is 1. The van der Waals surface area contributed by atoms with Crippen molar-refractivity contribution in [3.63, 3.8) is 0 Å². The van der Waals surface area contributed by atoms with Gasteiger partial charge in [-0.2, -0.15) is 0 Å². The molecule has 10 heteroatoms. The van der Waals surface area contributed by atoms with Gasteiger partial charge < -0.3 is 14.5 Å². The molecule has 1 N–H and O–H groups in total. The van der Waals surface area contributed by atoms with E-state index in [1.54, 1.807) is 61.2 Å². The summed E-state index contributed by atoms with van der Waals surface area (Å²) in [6.45, 7) is 0. The van der Waals surface area contributed by atoms with Crippen molar-refractivity contribution in [2.75, 3.05) is 14.2 Å². The average molecular weight is 527 g/mol. The molecule has 6 rings (SSSR count). The molecule has 4 aromatic heterocycles. The standard InChI is InChI=1S/C14H9ClN2O2.C14H10N2O3/c1-19-14(18)8-2-3-9-11-7-16-5-4-10(11)13(15)17-12(9)6-8;1-19-14(18)8-2-3-9-11-7-15-5-4-10(11)13(17)16-12(9)6-8/h2-7H,1H3;2-7H,1H3,(H,16,17). The van der Waals surface area contributed by atoms with Crippen LogP contribution in [-0.4, -0.2) is 46.1 Å². The number of hydrogen-bond acceptors (Lipinski definition) is 8. The summed E-state index contributed by atoms with van der Waals surface area (Å²) in [6, 6.07) is 13.7. The number of fused-ring (bicyclic) bond motifs is 6. The predicted octanol–water partition coefficient (Wildman–Crippen LogP) is 5.09. The van der Waals surface area contributed by atoms with Crippen LogP contribution in [0.1, 0.15) is 20.7 Å². The second-order valence-corrected chi connectivity index (χ2v) is 8.53. The third-order valence-electron chi connectivity index (χ3n) is 6.02. The summed E-state index contributed by atoms with van der Waals surface area (Å²) in [5.74, 6) is -0.833. The first-order chi connectivity index (χ1) is 18.4. The molecule has 2 aromatic carbocycles. The van der Waals surface area contributed by atoms with Crippen molar-refractivity contribution < 1.29 is 19.1 Å². The Kier molecular flexibility index (Phi) is 6.68. The molecule has 0 saturated heterocycles. The largest absolute Gasteiger partial charge is 0.465 e. The van der Waals surface area contributed by atoms with Gasteiger partial charge in [-0.05, 0) is 36.4 Å². The number of hydrogen-bond donors (Lipinski definition) is 1. The lowest BCUT2D eigenvalue weighted by atomic mass is 10.1. The van der Waals surface area contributed by atoms with Crippen molar-refractivity contribution in [3.8, 4) is 0 Å². The van der Waals surface area contributed by atoms with Gasteiger partial charge in [-0.1, -0.05) is 23.7 Å². The van der Waals surface area contributed by atoms with E-state index in [1.807, 2.05) is 12.1 Å². The summed E-state index contributed by atoms with van der Waals surface area (Å²) in [5, 5.41) is 5.23. The molecule has 9 nitrogen and oxygen atoms in total. The third-order valence-corrected chi connectivity index (χ3v) is 6.30. The highest BCUT2D eigenvalue weighted by Gasteiger charge is 2.11. The Labute approximate surface area is 220 Å². The number of ether oxygens (including phenoxy) is 2. The van der Waals surface area contributed by atoms with E-state index in [9.17, 15) is 14.4 Å². The first-order valence-electron chi connectivity index (χ1n) is 11.3. The molecular formula is C28H19ClN4O5. The molecule has 0 aliphatic carbocycles. The molecule has 4 heterocycles. The number of aromatic nitrogens is 4. The number of nitrogens with one attached hydrogen (secondary N) is 1. The Morgan fingerprint density at radius 1 is 0.737 bits per heavy atom. The Hall–Kier alpha value is -4.89. The zero-order chi connectivity index (χ0) is 26.8. The number of methoxy groups -OCH3 is 2. The van der Waals surface area contributed by atoms with E-state index in [0.717, 1.165) is 26.9 Å². The van der Waals surface area contributed by atoms with Crippen LogP contribution in [0.4, 0.5) is 0 Å². The Bertz CT molecular complexity index is 1940. The molecule has 0 aliphatic heterocycles. The summed E-state index contributed by atoms with van der Waals surface area (Å²) in [6.07, 6.45) is 6.63. The highest BCUT2D eigenvalue weighted by atomic mass is 35.5. The highest BCUT2D eigenvalue weighted by Crippen LogP contribution is 2.29. The van der Waals surface area contributed by atoms with Crippen LogP contribution in [0.15, 0.2) is 78.1 Å². The second-order valence-electron chi connectivity index (χ2n) is 8.17. The molecule has 0 radical (unpaired) electrons. The monoisotopic (exact) mass is 526 g/mol. The van der Waals surface area contributed by atoms with Gasteiger partial charge in [-0.3, -0.25) is 14.8 Å². The van der Waals surface area contributed by atoms with Crippen LogP contribution >= 0.6 is 11.6 Å². The second kappa shape index (κ2) is 10.2. The molecule has 0 spiro atoms. The quantitative estimate of drug-likeness (QED) is 0.188. The number of nitrogens with zero attached hydrogens (tertiary/aromatic N) is 3. The van der Waals surface area contributed by atoms with E-state index in [0.29, 0.717) is 32.7 Å².